The number of hydrogen-bond donors (Lipinski definition) is 0. The van der Waals surface area contributed by atoms with Crippen LogP contribution in [0.5, 0.6) is 0 Å². The van der Waals surface area contributed by atoms with E-state index in [1.54, 1.807) is 0 Å². The van der Waals surface area contributed by atoms with Crippen LogP contribution >= 0.6 is 0 Å². The lowest BCUT2D eigenvalue weighted by molar-refractivity contribution is -0.135. The molecule has 1 aromatic carbocycles. The van der Waals surface area contributed by atoms with Gasteiger partial charge in [-0.2, -0.15) is 10.4 Å². The van der Waals surface area contributed by atoms with Crippen LogP contribution in [0, 0.1) is 11.3 Å². The number of piperazine rings is 1. The van der Waals surface area contributed by atoms with Crippen LogP contribution in [0.3, 0.4) is 0 Å². The maximum Gasteiger partial charge on any atom is 0.236 e. The van der Waals surface area contributed by atoms with Crippen molar-refractivity contribution in [3.05, 3.63) is 47.3 Å². The van der Waals surface area contributed by atoms with E-state index >= 15 is 0 Å². The summed E-state index contributed by atoms with van der Waals surface area (Å²) in [6.45, 7) is 5.90. The number of aromatic nitrogens is 2. The summed E-state index contributed by atoms with van der Waals surface area (Å²) in [5.74, 6) is 0.256. The second-order valence-electron chi connectivity index (χ2n) is 8.65. The molecule has 2 aliphatic heterocycles. The van der Waals surface area contributed by atoms with Gasteiger partial charge < -0.3 is 4.90 Å². The summed E-state index contributed by atoms with van der Waals surface area (Å²) in [5, 5.41) is 13.6. The van der Waals surface area contributed by atoms with E-state index in [0.29, 0.717) is 12.1 Å². The molecule has 1 aromatic heterocycles. The monoisotopic (exact) mass is 404 g/mol. The Balaban J connectivity index is 1.18. The van der Waals surface area contributed by atoms with Crippen LogP contribution in [0.4, 0.5) is 0 Å². The van der Waals surface area contributed by atoms with Crippen LogP contribution in [0.25, 0.3) is 5.69 Å². The highest BCUT2D eigenvalue weighted by molar-refractivity contribution is 5.78. The van der Waals surface area contributed by atoms with Crippen LogP contribution in [-0.4, -0.2) is 75.7 Å². The third kappa shape index (κ3) is 3.73. The first kappa shape index (κ1) is 19.3. The largest absolute Gasteiger partial charge is 0.339 e. The van der Waals surface area contributed by atoms with Crippen LogP contribution in [-0.2, 0) is 17.8 Å². The SMILES string of the molecule is N#Cc1ccc(-n2ncc3c2CCN(CC(=O)N2CCN(C4CCC4)CC2)C3)cc1. The molecule has 1 aliphatic carbocycles. The Labute approximate surface area is 177 Å². The molecule has 3 heterocycles. The Hall–Kier alpha value is -2.69. The maximum absolute atomic E-state index is 12.8. The Morgan fingerprint density at radius 2 is 1.87 bits per heavy atom. The van der Waals surface area contributed by atoms with Crippen LogP contribution < -0.4 is 0 Å². The van der Waals surface area contributed by atoms with Gasteiger partial charge in [0, 0.05) is 63.0 Å². The molecule has 0 radical (unpaired) electrons. The van der Waals surface area contributed by atoms with Gasteiger partial charge in [0.05, 0.1) is 30.1 Å². The lowest BCUT2D eigenvalue weighted by Crippen LogP contribution is -2.55. The predicted octanol–water partition coefficient (Wildman–Crippen LogP) is 1.80. The molecule has 1 saturated heterocycles. The summed E-state index contributed by atoms with van der Waals surface area (Å²) in [4.78, 5) is 19.7. The minimum atomic E-state index is 0.256. The average Bonchev–Trinajstić information content (AvgIpc) is 3.16. The number of nitrogens with zero attached hydrogens (tertiary/aromatic N) is 6. The first-order valence-corrected chi connectivity index (χ1v) is 11.0. The third-order valence-electron chi connectivity index (χ3n) is 6.87. The summed E-state index contributed by atoms with van der Waals surface area (Å²) in [7, 11) is 0. The number of fused-ring (bicyclic) bond motifs is 1. The molecule has 0 atom stereocenters. The quantitative estimate of drug-likeness (QED) is 0.777. The molecule has 1 amide bonds. The van der Waals surface area contributed by atoms with Gasteiger partial charge in [0.2, 0.25) is 5.91 Å². The van der Waals surface area contributed by atoms with E-state index in [2.05, 4.69) is 21.0 Å². The van der Waals surface area contributed by atoms with Crippen molar-refractivity contribution < 1.29 is 4.79 Å². The van der Waals surface area contributed by atoms with Gasteiger partial charge in [-0.25, -0.2) is 4.68 Å². The molecule has 0 N–H and O–H groups in total. The first-order chi connectivity index (χ1) is 14.7. The molecule has 1 saturated carbocycles. The number of rotatable bonds is 4. The summed E-state index contributed by atoms with van der Waals surface area (Å²) >= 11 is 0. The van der Waals surface area contributed by atoms with E-state index in [1.807, 2.05) is 40.0 Å². The van der Waals surface area contributed by atoms with E-state index in [1.165, 1.54) is 30.5 Å². The third-order valence-corrected chi connectivity index (χ3v) is 6.87. The normalized spacial score (nSPS) is 20.4. The standard InChI is InChI=1S/C23H28N6O/c24-14-18-4-6-21(7-5-18)29-22-8-9-26(16-19(22)15-25-29)17-23(30)28-12-10-27(11-13-28)20-2-1-3-20/h4-7,15,20H,1-3,8-13,16-17H2. The predicted molar refractivity (Wildman–Crippen MR) is 113 cm³/mol. The molecule has 7 heteroatoms. The van der Waals surface area contributed by atoms with Crippen LogP contribution in [0.1, 0.15) is 36.1 Å². The molecule has 7 nitrogen and oxygen atoms in total. The number of hydrogen-bond acceptors (Lipinski definition) is 5. The summed E-state index contributed by atoms with van der Waals surface area (Å²) in [6, 6.07) is 10.4. The maximum atomic E-state index is 12.8. The van der Waals surface area contributed by atoms with Crippen LogP contribution in [0.15, 0.2) is 30.5 Å². The molecule has 0 spiro atoms. The molecule has 5 rings (SSSR count). The number of carbonyl (C=O) groups is 1. The van der Waals surface area contributed by atoms with Crippen molar-refractivity contribution in [1.29, 1.82) is 5.26 Å². The summed E-state index contributed by atoms with van der Waals surface area (Å²) in [5.41, 5.74) is 4.02. The fraction of sp³-hybridized carbons (Fsp3) is 0.522. The van der Waals surface area contributed by atoms with E-state index < -0.39 is 0 Å². The highest BCUT2D eigenvalue weighted by Gasteiger charge is 2.30. The number of amides is 1. The zero-order chi connectivity index (χ0) is 20.5. The molecule has 2 aromatic rings. The number of carbonyl (C=O) groups excluding carboxylic acids is 1. The number of nitriles is 1. The van der Waals surface area contributed by atoms with Crippen molar-refractivity contribution >= 4 is 5.91 Å². The highest BCUT2D eigenvalue weighted by Crippen LogP contribution is 2.26. The Bertz CT molecular complexity index is 947. The molecular weight excluding hydrogens is 376 g/mol. The minimum Gasteiger partial charge on any atom is -0.339 e. The topological polar surface area (TPSA) is 68.4 Å². The Kier molecular flexibility index (Phi) is 5.28. The lowest BCUT2D eigenvalue weighted by Gasteiger charge is -2.43. The molecule has 0 unspecified atom stereocenters. The van der Waals surface area contributed by atoms with Crippen LogP contribution in [0.2, 0.25) is 0 Å². The highest BCUT2D eigenvalue weighted by atomic mass is 16.2. The van der Waals surface area contributed by atoms with Crippen molar-refractivity contribution in [2.24, 2.45) is 0 Å². The fourth-order valence-electron chi connectivity index (χ4n) is 4.80. The van der Waals surface area contributed by atoms with Gasteiger partial charge in [-0.3, -0.25) is 14.6 Å². The van der Waals surface area contributed by atoms with Crippen molar-refractivity contribution in [2.75, 3.05) is 39.3 Å². The fourth-order valence-corrected chi connectivity index (χ4v) is 4.80. The van der Waals surface area contributed by atoms with E-state index in [9.17, 15) is 4.79 Å². The van der Waals surface area contributed by atoms with Crippen molar-refractivity contribution in [3.63, 3.8) is 0 Å². The van der Waals surface area contributed by atoms with Gasteiger partial charge in [0.15, 0.2) is 0 Å². The van der Waals surface area contributed by atoms with Gasteiger partial charge in [-0.15, -0.1) is 0 Å². The second kappa shape index (κ2) is 8.21. The van der Waals surface area contributed by atoms with Gasteiger partial charge in [0.1, 0.15) is 0 Å². The second-order valence-corrected chi connectivity index (χ2v) is 8.65. The lowest BCUT2D eigenvalue weighted by atomic mass is 9.91. The van der Waals surface area contributed by atoms with Gasteiger partial charge in [-0.05, 0) is 37.1 Å². The molecule has 2 fully saturated rings. The van der Waals surface area contributed by atoms with E-state index in [-0.39, 0.29) is 5.91 Å². The van der Waals surface area contributed by atoms with Gasteiger partial charge in [-0.1, -0.05) is 6.42 Å². The Morgan fingerprint density at radius 1 is 1.10 bits per heavy atom. The molecule has 30 heavy (non-hydrogen) atoms. The average molecular weight is 405 g/mol. The summed E-state index contributed by atoms with van der Waals surface area (Å²) in [6.07, 6.45) is 6.82. The number of benzene rings is 1. The smallest absolute Gasteiger partial charge is 0.236 e. The zero-order valence-corrected chi connectivity index (χ0v) is 17.3. The molecule has 3 aliphatic rings. The van der Waals surface area contributed by atoms with Gasteiger partial charge >= 0.3 is 0 Å². The zero-order valence-electron chi connectivity index (χ0n) is 17.3. The van der Waals surface area contributed by atoms with E-state index in [0.717, 1.165) is 57.4 Å². The minimum absolute atomic E-state index is 0.256. The van der Waals surface area contributed by atoms with Gasteiger partial charge in [0.25, 0.3) is 0 Å². The molecule has 156 valence electrons. The Morgan fingerprint density at radius 3 is 2.53 bits per heavy atom. The molecule has 0 bridgehead atoms. The first-order valence-electron chi connectivity index (χ1n) is 11.0. The van der Waals surface area contributed by atoms with Crippen molar-refractivity contribution in [3.8, 4) is 11.8 Å². The summed E-state index contributed by atoms with van der Waals surface area (Å²) < 4.78 is 1.97. The van der Waals surface area contributed by atoms with E-state index in [4.69, 9.17) is 5.26 Å². The molecular formula is C23H28N6O. The van der Waals surface area contributed by atoms with Crippen molar-refractivity contribution in [2.45, 2.75) is 38.3 Å². The van der Waals surface area contributed by atoms with Crippen molar-refractivity contribution in [1.82, 2.24) is 24.5 Å².